The summed E-state index contributed by atoms with van der Waals surface area (Å²) in [6.07, 6.45) is 1.51. The number of rotatable bonds is 5. The number of nitrogens with zero attached hydrogens (tertiary/aromatic N) is 1. The van der Waals surface area contributed by atoms with Crippen LogP contribution in [0.15, 0.2) is 18.2 Å². The minimum atomic E-state index is -0.482. The first-order valence-electron chi connectivity index (χ1n) is 9.65. The van der Waals surface area contributed by atoms with Crippen LogP contribution in [0.25, 0.3) is 0 Å². The van der Waals surface area contributed by atoms with E-state index in [0.29, 0.717) is 30.3 Å². The molecule has 1 amide bonds. The van der Waals surface area contributed by atoms with Gasteiger partial charge in [-0.15, -0.1) is 0 Å². The predicted octanol–water partition coefficient (Wildman–Crippen LogP) is 3.93. The van der Waals surface area contributed by atoms with Crippen molar-refractivity contribution in [3.63, 3.8) is 0 Å². The van der Waals surface area contributed by atoms with Crippen LogP contribution < -0.4 is 10.1 Å². The summed E-state index contributed by atoms with van der Waals surface area (Å²) in [5.41, 5.74) is 0.745. The number of amides is 1. The van der Waals surface area contributed by atoms with Crippen LogP contribution >= 0.6 is 0 Å². The average Bonchev–Trinajstić information content (AvgIpc) is 2.66. The average molecular weight is 392 g/mol. The third-order valence-electron chi connectivity index (χ3n) is 4.90. The van der Waals surface area contributed by atoms with Crippen molar-refractivity contribution < 1.29 is 23.8 Å². The van der Waals surface area contributed by atoms with E-state index < -0.39 is 5.60 Å². The van der Waals surface area contributed by atoms with E-state index in [2.05, 4.69) is 12.2 Å². The summed E-state index contributed by atoms with van der Waals surface area (Å²) >= 11 is 0. The largest absolute Gasteiger partial charge is 0.495 e. The zero-order chi connectivity index (χ0) is 20.9. The minimum Gasteiger partial charge on any atom is -0.495 e. The topological polar surface area (TPSA) is 77.1 Å². The highest BCUT2D eigenvalue weighted by atomic mass is 16.6. The van der Waals surface area contributed by atoms with Crippen LogP contribution in [0.3, 0.4) is 0 Å². The van der Waals surface area contributed by atoms with Crippen LogP contribution in [0, 0.1) is 5.92 Å². The maximum Gasteiger partial charge on any atom is 0.410 e. The van der Waals surface area contributed by atoms with Gasteiger partial charge in [-0.05, 0) is 64.7 Å². The van der Waals surface area contributed by atoms with E-state index in [-0.39, 0.29) is 18.1 Å². The van der Waals surface area contributed by atoms with Gasteiger partial charge in [-0.3, -0.25) is 0 Å². The Bertz CT molecular complexity index is 691. The number of anilines is 1. The maximum absolute atomic E-state index is 12.2. The lowest BCUT2D eigenvalue weighted by atomic mass is 9.90. The van der Waals surface area contributed by atoms with Gasteiger partial charge in [0.2, 0.25) is 0 Å². The fourth-order valence-electron chi connectivity index (χ4n) is 3.34. The molecule has 0 spiro atoms. The molecule has 1 fully saturated rings. The smallest absolute Gasteiger partial charge is 0.410 e. The summed E-state index contributed by atoms with van der Waals surface area (Å²) < 4.78 is 15.7. The molecule has 0 unspecified atom stereocenters. The zero-order valence-corrected chi connectivity index (χ0v) is 17.7. The molecule has 1 aliphatic heterocycles. The van der Waals surface area contributed by atoms with Crippen molar-refractivity contribution in [2.75, 3.05) is 32.6 Å². The first-order valence-corrected chi connectivity index (χ1v) is 9.65. The van der Waals surface area contributed by atoms with E-state index >= 15 is 0 Å². The first-order chi connectivity index (χ1) is 13.1. The number of ether oxygens (including phenoxy) is 3. The SMILES string of the molecule is COC(=O)c1ccc(OC)c(N[C@@H](C)C2CCN(C(=O)OC(C)(C)C)CC2)c1. The number of hydrogen-bond donors (Lipinski definition) is 1. The summed E-state index contributed by atoms with van der Waals surface area (Å²) in [6, 6.07) is 5.34. The van der Waals surface area contributed by atoms with Crippen LogP contribution in [0.2, 0.25) is 0 Å². The molecular formula is C21H32N2O5. The third-order valence-corrected chi connectivity index (χ3v) is 4.90. The Morgan fingerprint density at radius 2 is 1.82 bits per heavy atom. The number of esters is 1. The molecular weight excluding hydrogens is 360 g/mol. The summed E-state index contributed by atoms with van der Waals surface area (Å²) in [5.74, 6) is 0.680. The Kier molecular flexibility index (Phi) is 7.16. The molecule has 1 saturated heterocycles. The van der Waals surface area contributed by atoms with E-state index in [0.717, 1.165) is 18.5 Å². The highest BCUT2D eigenvalue weighted by Gasteiger charge is 2.29. The second-order valence-corrected chi connectivity index (χ2v) is 8.14. The summed E-state index contributed by atoms with van der Waals surface area (Å²) in [4.78, 5) is 25.8. The van der Waals surface area contributed by atoms with Gasteiger partial charge >= 0.3 is 12.1 Å². The normalized spacial score (nSPS) is 16.3. The number of piperidine rings is 1. The Balaban J connectivity index is 1.98. The van der Waals surface area contributed by atoms with Crippen molar-refractivity contribution in [2.24, 2.45) is 5.92 Å². The van der Waals surface area contributed by atoms with Crippen LogP contribution in [-0.4, -0.2) is 55.9 Å². The van der Waals surface area contributed by atoms with Crippen LogP contribution in [0.1, 0.15) is 50.9 Å². The maximum atomic E-state index is 12.2. The second kappa shape index (κ2) is 9.17. The monoisotopic (exact) mass is 392 g/mol. The lowest BCUT2D eigenvalue weighted by Gasteiger charge is -2.36. The number of nitrogens with one attached hydrogen (secondary N) is 1. The highest BCUT2D eigenvalue weighted by molar-refractivity contribution is 5.91. The number of hydrogen-bond acceptors (Lipinski definition) is 6. The fourth-order valence-corrected chi connectivity index (χ4v) is 3.34. The Hall–Kier alpha value is -2.44. The summed E-state index contributed by atoms with van der Waals surface area (Å²) in [5, 5.41) is 3.47. The van der Waals surface area contributed by atoms with Crippen molar-refractivity contribution >= 4 is 17.7 Å². The quantitative estimate of drug-likeness (QED) is 0.765. The van der Waals surface area contributed by atoms with Crippen LogP contribution in [-0.2, 0) is 9.47 Å². The van der Waals surface area contributed by atoms with Crippen molar-refractivity contribution in [2.45, 2.75) is 52.2 Å². The Morgan fingerprint density at radius 1 is 1.18 bits per heavy atom. The minimum absolute atomic E-state index is 0.155. The van der Waals surface area contributed by atoms with Gasteiger partial charge in [-0.2, -0.15) is 0 Å². The lowest BCUT2D eigenvalue weighted by molar-refractivity contribution is 0.0179. The van der Waals surface area contributed by atoms with E-state index in [1.807, 2.05) is 20.8 Å². The van der Waals surface area contributed by atoms with Gasteiger partial charge in [0.05, 0.1) is 25.5 Å². The van der Waals surface area contributed by atoms with Gasteiger partial charge in [0, 0.05) is 19.1 Å². The van der Waals surface area contributed by atoms with Gasteiger partial charge in [0.15, 0.2) is 0 Å². The first kappa shape index (κ1) is 21.9. The van der Waals surface area contributed by atoms with Gasteiger partial charge in [-0.1, -0.05) is 0 Å². The molecule has 1 aromatic carbocycles. The molecule has 0 saturated carbocycles. The van der Waals surface area contributed by atoms with E-state index in [9.17, 15) is 9.59 Å². The third kappa shape index (κ3) is 5.78. The molecule has 156 valence electrons. The standard InChI is InChI=1S/C21H32N2O5/c1-14(15-9-11-23(12-10-15)20(25)28-21(2,3)4)22-17-13-16(19(24)27-6)7-8-18(17)26-5/h7-8,13-15,22H,9-12H2,1-6H3/t14-/m0/s1. The molecule has 1 aliphatic rings. The number of carbonyl (C=O) groups excluding carboxylic acids is 2. The number of benzene rings is 1. The number of carbonyl (C=O) groups is 2. The number of methoxy groups -OCH3 is 2. The van der Waals surface area contributed by atoms with Crippen LogP contribution in [0.4, 0.5) is 10.5 Å². The van der Waals surface area contributed by atoms with E-state index in [4.69, 9.17) is 14.2 Å². The van der Waals surface area contributed by atoms with Gasteiger partial charge in [0.25, 0.3) is 0 Å². The molecule has 28 heavy (non-hydrogen) atoms. The van der Waals surface area contributed by atoms with Gasteiger partial charge in [0.1, 0.15) is 11.4 Å². The molecule has 1 heterocycles. The van der Waals surface area contributed by atoms with Crippen molar-refractivity contribution in [1.82, 2.24) is 4.90 Å². The molecule has 0 bridgehead atoms. The Morgan fingerprint density at radius 3 is 2.36 bits per heavy atom. The molecule has 0 aliphatic carbocycles. The molecule has 1 aromatic rings. The summed E-state index contributed by atoms with van der Waals surface area (Å²) in [7, 11) is 2.96. The lowest BCUT2D eigenvalue weighted by Crippen LogP contribution is -2.44. The fraction of sp³-hybridized carbons (Fsp3) is 0.619. The van der Waals surface area contributed by atoms with Crippen molar-refractivity contribution in [1.29, 1.82) is 0 Å². The molecule has 0 radical (unpaired) electrons. The zero-order valence-electron chi connectivity index (χ0n) is 17.7. The van der Waals surface area contributed by atoms with E-state index in [1.165, 1.54) is 7.11 Å². The van der Waals surface area contributed by atoms with Crippen molar-refractivity contribution in [3.05, 3.63) is 23.8 Å². The van der Waals surface area contributed by atoms with Gasteiger partial charge < -0.3 is 24.4 Å². The van der Waals surface area contributed by atoms with E-state index in [1.54, 1.807) is 30.2 Å². The second-order valence-electron chi connectivity index (χ2n) is 8.14. The van der Waals surface area contributed by atoms with Crippen LogP contribution in [0.5, 0.6) is 5.75 Å². The molecule has 1 atom stereocenters. The molecule has 7 nitrogen and oxygen atoms in total. The molecule has 1 N–H and O–H groups in total. The highest BCUT2D eigenvalue weighted by Crippen LogP contribution is 2.30. The number of likely N-dealkylation sites (tertiary alicyclic amines) is 1. The molecule has 7 heteroatoms. The molecule has 2 rings (SSSR count). The molecule has 0 aromatic heterocycles. The van der Waals surface area contributed by atoms with Crippen molar-refractivity contribution in [3.8, 4) is 5.75 Å². The van der Waals surface area contributed by atoms with Gasteiger partial charge in [-0.25, -0.2) is 9.59 Å². The Labute approximate surface area is 167 Å². The predicted molar refractivity (Wildman–Crippen MR) is 108 cm³/mol. The summed E-state index contributed by atoms with van der Waals surface area (Å²) in [6.45, 7) is 9.08.